The van der Waals surface area contributed by atoms with Crippen molar-refractivity contribution in [2.24, 2.45) is 23.7 Å². The smallest absolute Gasteiger partial charge is 0.306 e. The Morgan fingerprint density at radius 3 is 1.59 bits per heavy atom. The molecule has 2 aliphatic rings. The zero-order chi connectivity index (χ0) is 15.8. The van der Waals surface area contributed by atoms with E-state index in [4.69, 9.17) is 5.11 Å². The minimum absolute atomic E-state index is 0.0467. The van der Waals surface area contributed by atoms with E-state index in [-0.39, 0.29) is 5.92 Å². The zero-order valence-electron chi connectivity index (χ0n) is 14.6. The second kappa shape index (κ2) is 9.57. The Labute approximate surface area is 137 Å². The summed E-state index contributed by atoms with van der Waals surface area (Å²) in [5.74, 6) is 2.24. The number of aliphatic carboxylic acids is 1. The first-order valence-electron chi connectivity index (χ1n) is 9.91. The molecule has 0 aromatic rings. The Hall–Kier alpha value is -0.530. The van der Waals surface area contributed by atoms with Gasteiger partial charge in [0.05, 0.1) is 5.92 Å². The maximum absolute atomic E-state index is 11.0. The van der Waals surface area contributed by atoms with Gasteiger partial charge in [0.2, 0.25) is 0 Å². The van der Waals surface area contributed by atoms with E-state index in [1.54, 1.807) is 0 Å². The third-order valence-corrected chi connectivity index (χ3v) is 6.33. The first kappa shape index (κ1) is 17.8. The SMILES string of the molecule is CCCC1CCC(CCCCC2CCC(C(=O)O)CC2)CC1. The van der Waals surface area contributed by atoms with Crippen LogP contribution in [0.25, 0.3) is 0 Å². The molecule has 0 bridgehead atoms. The van der Waals surface area contributed by atoms with E-state index >= 15 is 0 Å². The lowest BCUT2D eigenvalue weighted by molar-refractivity contribution is -0.143. The quantitative estimate of drug-likeness (QED) is 0.555. The highest BCUT2D eigenvalue weighted by Gasteiger charge is 2.25. The van der Waals surface area contributed by atoms with Crippen molar-refractivity contribution in [1.29, 1.82) is 0 Å². The predicted octanol–water partition coefficient (Wildman–Crippen LogP) is 6.04. The lowest BCUT2D eigenvalue weighted by atomic mass is 9.77. The molecule has 2 aliphatic carbocycles. The first-order chi connectivity index (χ1) is 10.7. The fourth-order valence-electron chi connectivity index (χ4n) is 4.78. The van der Waals surface area contributed by atoms with Crippen molar-refractivity contribution in [2.45, 2.75) is 96.8 Å². The van der Waals surface area contributed by atoms with Gasteiger partial charge >= 0.3 is 5.97 Å². The van der Waals surface area contributed by atoms with Gasteiger partial charge in [-0.2, -0.15) is 0 Å². The summed E-state index contributed by atoms with van der Waals surface area (Å²) in [6, 6.07) is 0. The van der Waals surface area contributed by atoms with Crippen LogP contribution in [0.4, 0.5) is 0 Å². The molecule has 128 valence electrons. The van der Waals surface area contributed by atoms with E-state index in [2.05, 4.69) is 6.92 Å². The van der Waals surface area contributed by atoms with Gasteiger partial charge in [0.1, 0.15) is 0 Å². The number of unbranched alkanes of at least 4 members (excludes halogenated alkanes) is 1. The van der Waals surface area contributed by atoms with E-state index in [9.17, 15) is 4.79 Å². The molecule has 0 aliphatic heterocycles. The van der Waals surface area contributed by atoms with Crippen molar-refractivity contribution in [1.82, 2.24) is 0 Å². The summed E-state index contributed by atoms with van der Waals surface area (Å²) in [7, 11) is 0. The molecule has 22 heavy (non-hydrogen) atoms. The second-order valence-corrected chi connectivity index (χ2v) is 8.02. The molecule has 2 fully saturated rings. The molecule has 0 aromatic heterocycles. The predicted molar refractivity (Wildman–Crippen MR) is 91.9 cm³/mol. The fourth-order valence-corrected chi connectivity index (χ4v) is 4.78. The highest BCUT2D eigenvalue weighted by atomic mass is 16.4. The number of carboxylic acids is 1. The first-order valence-corrected chi connectivity index (χ1v) is 9.91. The summed E-state index contributed by atoms with van der Waals surface area (Å²) in [6.45, 7) is 2.32. The van der Waals surface area contributed by atoms with E-state index < -0.39 is 5.97 Å². The van der Waals surface area contributed by atoms with Crippen molar-refractivity contribution >= 4 is 5.97 Å². The molecule has 0 spiro atoms. The van der Waals surface area contributed by atoms with Crippen LogP contribution in [0.15, 0.2) is 0 Å². The fraction of sp³-hybridized carbons (Fsp3) is 0.950. The Balaban J connectivity index is 1.49. The second-order valence-electron chi connectivity index (χ2n) is 8.02. The van der Waals surface area contributed by atoms with Gasteiger partial charge in [0.25, 0.3) is 0 Å². The largest absolute Gasteiger partial charge is 0.481 e. The van der Waals surface area contributed by atoms with Gasteiger partial charge < -0.3 is 5.11 Å². The van der Waals surface area contributed by atoms with Gasteiger partial charge in [-0.1, -0.05) is 71.1 Å². The Kier molecular flexibility index (Phi) is 7.75. The Bertz CT molecular complexity index is 310. The molecule has 2 heteroatoms. The minimum atomic E-state index is -0.572. The average Bonchev–Trinajstić information content (AvgIpc) is 2.54. The van der Waals surface area contributed by atoms with Crippen LogP contribution in [-0.2, 0) is 4.79 Å². The number of rotatable bonds is 8. The van der Waals surface area contributed by atoms with Gasteiger partial charge in [-0.05, 0) is 43.4 Å². The molecule has 0 radical (unpaired) electrons. The van der Waals surface area contributed by atoms with Gasteiger partial charge in [-0.25, -0.2) is 0 Å². The standard InChI is InChI=1S/C20H36O2/c1-2-5-16-8-10-17(11-9-16)6-3-4-7-18-12-14-19(15-13-18)20(21)22/h16-19H,2-15H2,1H3,(H,21,22). The Morgan fingerprint density at radius 1 is 0.773 bits per heavy atom. The molecule has 0 atom stereocenters. The molecule has 2 saturated carbocycles. The lowest BCUT2D eigenvalue weighted by Crippen LogP contribution is -2.21. The van der Waals surface area contributed by atoms with Gasteiger partial charge in [-0.15, -0.1) is 0 Å². The van der Waals surface area contributed by atoms with E-state index in [0.717, 1.165) is 43.4 Å². The van der Waals surface area contributed by atoms with Crippen molar-refractivity contribution in [2.75, 3.05) is 0 Å². The topological polar surface area (TPSA) is 37.3 Å². The average molecular weight is 309 g/mol. The summed E-state index contributed by atoms with van der Waals surface area (Å²) in [5.41, 5.74) is 0. The number of hydrogen-bond acceptors (Lipinski definition) is 1. The van der Waals surface area contributed by atoms with Gasteiger partial charge in [0, 0.05) is 0 Å². The normalized spacial score (nSPS) is 32.8. The van der Waals surface area contributed by atoms with Crippen molar-refractivity contribution < 1.29 is 9.90 Å². The van der Waals surface area contributed by atoms with Crippen LogP contribution in [-0.4, -0.2) is 11.1 Å². The minimum Gasteiger partial charge on any atom is -0.481 e. The summed E-state index contributed by atoms with van der Waals surface area (Å²) in [6.07, 6.45) is 18.4. The van der Waals surface area contributed by atoms with Crippen LogP contribution in [0.3, 0.4) is 0 Å². The van der Waals surface area contributed by atoms with E-state index in [0.29, 0.717) is 0 Å². The van der Waals surface area contributed by atoms with Crippen LogP contribution in [0.2, 0.25) is 0 Å². The maximum atomic E-state index is 11.0. The van der Waals surface area contributed by atoms with Crippen LogP contribution < -0.4 is 0 Å². The highest BCUT2D eigenvalue weighted by Crippen LogP contribution is 2.35. The summed E-state index contributed by atoms with van der Waals surface area (Å²) in [4.78, 5) is 11.0. The molecule has 2 rings (SSSR count). The van der Waals surface area contributed by atoms with E-state index in [1.807, 2.05) is 0 Å². The molecule has 0 heterocycles. The molecule has 0 saturated heterocycles. The summed E-state index contributed by atoms with van der Waals surface area (Å²) >= 11 is 0. The molecule has 2 nitrogen and oxygen atoms in total. The highest BCUT2D eigenvalue weighted by molar-refractivity contribution is 5.69. The number of carboxylic acid groups (broad SMARTS) is 1. The van der Waals surface area contributed by atoms with Gasteiger partial charge in [0.15, 0.2) is 0 Å². The third kappa shape index (κ3) is 5.93. The van der Waals surface area contributed by atoms with Crippen molar-refractivity contribution in [3.05, 3.63) is 0 Å². The maximum Gasteiger partial charge on any atom is 0.306 e. The molecule has 1 N–H and O–H groups in total. The summed E-state index contributed by atoms with van der Waals surface area (Å²) in [5, 5.41) is 9.04. The zero-order valence-corrected chi connectivity index (χ0v) is 14.6. The monoisotopic (exact) mass is 308 g/mol. The van der Waals surface area contributed by atoms with Crippen LogP contribution in [0.1, 0.15) is 96.8 Å². The van der Waals surface area contributed by atoms with Crippen molar-refractivity contribution in [3.8, 4) is 0 Å². The molecule has 0 unspecified atom stereocenters. The molecular weight excluding hydrogens is 272 g/mol. The third-order valence-electron chi connectivity index (χ3n) is 6.33. The molecule has 0 amide bonds. The van der Waals surface area contributed by atoms with Crippen LogP contribution >= 0.6 is 0 Å². The Morgan fingerprint density at radius 2 is 1.18 bits per heavy atom. The number of hydrogen-bond donors (Lipinski definition) is 1. The van der Waals surface area contributed by atoms with Crippen molar-refractivity contribution in [3.63, 3.8) is 0 Å². The van der Waals surface area contributed by atoms with Crippen LogP contribution in [0.5, 0.6) is 0 Å². The lowest BCUT2D eigenvalue weighted by Gasteiger charge is -2.29. The summed E-state index contributed by atoms with van der Waals surface area (Å²) < 4.78 is 0. The van der Waals surface area contributed by atoms with Crippen LogP contribution in [0, 0.1) is 23.7 Å². The molecule has 0 aromatic carbocycles. The van der Waals surface area contributed by atoms with Gasteiger partial charge in [-0.3, -0.25) is 4.79 Å². The number of carbonyl (C=O) groups is 1. The van der Waals surface area contributed by atoms with E-state index in [1.165, 1.54) is 64.2 Å². The molecular formula is C20H36O2.